The van der Waals surface area contributed by atoms with E-state index in [-0.39, 0.29) is 11.6 Å². The third-order valence-corrected chi connectivity index (χ3v) is 4.04. The molecule has 1 aromatic carbocycles. The molecular formula is C15H14BrN3O4S. The number of halogens is 1. The standard InChI is InChI=1S/C15H14BrN3O4S/c1-8-5-10(16)3-4-11(8)18-13(21)6-23-14(22)12-7-24-15(19-12)17-9(2)20/h3-5,7H,6H2,1-2H3,(H,18,21)(H,17,19,20). The number of hydrogen-bond acceptors (Lipinski definition) is 6. The molecule has 0 saturated heterocycles. The van der Waals surface area contributed by atoms with Gasteiger partial charge in [0.2, 0.25) is 5.91 Å². The Morgan fingerprint density at radius 2 is 2.04 bits per heavy atom. The third kappa shape index (κ3) is 5.14. The predicted octanol–water partition coefficient (Wildman–Crippen LogP) is 2.97. The summed E-state index contributed by atoms with van der Waals surface area (Å²) in [7, 11) is 0. The largest absolute Gasteiger partial charge is 0.451 e. The van der Waals surface area contributed by atoms with Crippen molar-refractivity contribution in [3.05, 3.63) is 39.3 Å². The highest BCUT2D eigenvalue weighted by Gasteiger charge is 2.15. The van der Waals surface area contributed by atoms with Gasteiger partial charge in [-0.25, -0.2) is 9.78 Å². The van der Waals surface area contributed by atoms with Crippen molar-refractivity contribution in [3.8, 4) is 0 Å². The van der Waals surface area contributed by atoms with E-state index in [9.17, 15) is 14.4 Å². The van der Waals surface area contributed by atoms with E-state index in [0.29, 0.717) is 10.8 Å². The van der Waals surface area contributed by atoms with Crippen LogP contribution in [0.2, 0.25) is 0 Å². The number of carbonyl (C=O) groups is 3. The van der Waals surface area contributed by atoms with Gasteiger partial charge in [-0.1, -0.05) is 15.9 Å². The Balaban J connectivity index is 1.88. The van der Waals surface area contributed by atoms with Gasteiger partial charge in [-0.3, -0.25) is 9.59 Å². The maximum absolute atomic E-state index is 11.9. The molecule has 24 heavy (non-hydrogen) atoms. The first-order valence-corrected chi connectivity index (χ1v) is 8.48. The summed E-state index contributed by atoms with van der Waals surface area (Å²) >= 11 is 4.44. The molecule has 0 aliphatic rings. The quantitative estimate of drug-likeness (QED) is 0.736. The first-order chi connectivity index (χ1) is 11.3. The summed E-state index contributed by atoms with van der Waals surface area (Å²) < 4.78 is 5.82. The van der Waals surface area contributed by atoms with E-state index in [1.54, 1.807) is 12.1 Å². The van der Waals surface area contributed by atoms with Gasteiger partial charge in [0.1, 0.15) is 0 Å². The Kier molecular flexibility index (Phi) is 6.04. The second-order valence-corrected chi connectivity index (χ2v) is 6.58. The second-order valence-electron chi connectivity index (χ2n) is 4.80. The van der Waals surface area contributed by atoms with Crippen molar-refractivity contribution in [2.75, 3.05) is 17.2 Å². The zero-order valence-corrected chi connectivity index (χ0v) is 15.3. The zero-order valence-electron chi connectivity index (χ0n) is 12.9. The molecule has 0 spiro atoms. The van der Waals surface area contributed by atoms with Gasteiger partial charge >= 0.3 is 5.97 Å². The van der Waals surface area contributed by atoms with Crippen LogP contribution >= 0.6 is 27.3 Å². The Hall–Kier alpha value is -2.26. The van der Waals surface area contributed by atoms with Crippen LogP contribution < -0.4 is 10.6 Å². The number of benzene rings is 1. The molecule has 2 aromatic rings. The smallest absolute Gasteiger partial charge is 0.358 e. The van der Waals surface area contributed by atoms with Crippen LogP contribution in [0, 0.1) is 6.92 Å². The van der Waals surface area contributed by atoms with Gasteiger partial charge in [0, 0.05) is 22.5 Å². The third-order valence-electron chi connectivity index (χ3n) is 2.79. The van der Waals surface area contributed by atoms with Crippen molar-refractivity contribution in [2.24, 2.45) is 0 Å². The molecule has 1 heterocycles. The summed E-state index contributed by atoms with van der Waals surface area (Å²) in [6, 6.07) is 5.41. The van der Waals surface area contributed by atoms with E-state index < -0.39 is 18.5 Å². The molecule has 9 heteroatoms. The molecule has 0 fully saturated rings. The monoisotopic (exact) mass is 411 g/mol. The van der Waals surface area contributed by atoms with Crippen molar-refractivity contribution in [1.82, 2.24) is 4.98 Å². The van der Waals surface area contributed by atoms with E-state index in [4.69, 9.17) is 4.74 Å². The number of esters is 1. The molecule has 0 aliphatic heterocycles. The molecule has 0 radical (unpaired) electrons. The molecule has 0 saturated carbocycles. The van der Waals surface area contributed by atoms with Gasteiger partial charge in [-0.05, 0) is 30.7 Å². The fourth-order valence-electron chi connectivity index (χ4n) is 1.73. The van der Waals surface area contributed by atoms with Crippen LogP contribution in [0.15, 0.2) is 28.1 Å². The van der Waals surface area contributed by atoms with Gasteiger partial charge in [-0.2, -0.15) is 0 Å². The summed E-state index contributed by atoms with van der Waals surface area (Å²) in [5.74, 6) is -1.47. The number of ether oxygens (including phenoxy) is 1. The topological polar surface area (TPSA) is 97.4 Å². The van der Waals surface area contributed by atoms with E-state index >= 15 is 0 Å². The summed E-state index contributed by atoms with van der Waals surface area (Å²) in [6.07, 6.45) is 0. The number of nitrogens with zero attached hydrogens (tertiary/aromatic N) is 1. The van der Waals surface area contributed by atoms with E-state index in [1.807, 2.05) is 13.0 Å². The Morgan fingerprint density at radius 1 is 1.29 bits per heavy atom. The SMILES string of the molecule is CC(=O)Nc1nc(C(=O)OCC(=O)Nc2ccc(Br)cc2C)cs1. The highest BCUT2D eigenvalue weighted by molar-refractivity contribution is 9.10. The van der Waals surface area contributed by atoms with Crippen LogP contribution in [0.5, 0.6) is 0 Å². The molecule has 1 aromatic heterocycles. The first-order valence-electron chi connectivity index (χ1n) is 6.81. The molecule has 2 amide bonds. The summed E-state index contributed by atoms with van der Waals surface area (Å²) in [5, 5.41) is 6.87. The fraction of sp³-hybridized carbons (Fsp3) is 0.200. The first kappa shape index (κ1) is 18.1. The minimum absolute atomic E-state index is 0.0383. The second kappa shape index (κ2) is 8.02. The van der Waals surface area contributed by atoms with E-state index in [2.05, 4.69) is 31.5 Å². The Labute approximate surface area is 150 Å². The number of aryl methyl sites for hydroxylation is 1. The summed E-state index contributed by atoms with van der Waals surface area (Å²) in [5.41, 5.74) is 1.56. The van der Waals surface area contributed by atoms with Gasteiger partial charge in [0.15, 0.2) is 17.4 Å². The predicted molar refractivity (Wildman–Crippen MR) is 94.2 cm³/mol. The number of thiazole rings is 1. The van der Waals surface area contributed by atoms with Gasteiger partial charge in [0.05, 0.1) is 0 Å². The number of amides is 2. The average Bonchev–Trinajstić information content (AvgIpc) is 2.95. The lowest BCUT2D eigenvalue weighted by molar-refractivity contribution is -0.119. The summed E-state index contributed by atoms with van der Waals surface area (Å²) in [4.78, 5) is 38.5. The van der Waals surface area contributed by atoms with Gasteiger partial charge in [-0.15, -0.1) is 11.3 Å². The van der Waals surface area contributed by atoms with Crippen LogP contribution in [0.3, 0.4) is 0 Å². The zero-order chi connectivity index (χ0) is 17.7. The van der Waals surface area contributed by atoms with Crippen LogP contribution in [0.4, 0.5) is 10.8 Å². The lowest BCUT2D eigenvalue weighted by Crippen LogP contribution is -2.21. The fourth-order valence-corrected chi connectivity index (χ4v) is 2.94. The lowest BCUT2D eigenvalue weighted by Gasteiger charge is -2.08. The molecular weight excluding hydrogens is 398 g/mol. The van der Waals surface area contributed by atoms with Crippen molar-refractivity contribution >= 4 is 55.9 Å². The highest BCUT2D eigenvalue weighted by Crippen LogP contribution is 2.20. The normalized spacial score (nSPS) is 10.1. The highest BCUT2D eigenvalue weighted by atomic mass is 79.9. The number of hydrogen-bond donors (Lipinski definition) is 2. The lowest BCUT2D eigenvalue weighted by atomic mass is 10.2. The molecule has 0 unspecified atom stereocenters. The minimum atomic E-state index is -0.731. The molecule has 126 valence electrons. The molecule has 0 atom stereocenters. The Bertz CT molecular complexity index is 791. The van der Waals surface area contributed by atoms with Crippen molar-refractivity contribution in [2.45, 2.75) is 13.8 Å². The van der Waals surface area contributed by atoms with Crippen LogP contribution in [0.1, 0.15) is 23.0 Å². The molecule has 7 nitrogen and oxygen atoms in total. The maximum Gasteiger partial charge on any atom is 0.358 e. The number of nitrogens with one attached hydrogen (secondary N) is 2. The van der Waals surface area contributed by atoms with E-state index in [0.717, 1.165) is 21.4 Å². The van der Waals surface area contributed by atoms with Crippen molar-refractivity contribution < 1.29 is 19.1 Å². The number of anilines is 2. The van der Waals surface area contributed by atoms with Crippen molar-refractivity contribution in [3.63, 3.8) is 0 Å². The average molecular weight is 412 g/mol. The van der Waals surface area contributed by atoms with Gasteiger partial charge < -0.3 is 15.4 Å². The molecule has 0 bridgehead atoms. The number of carbonyl (C=O) groups excluding carboxylic acids is 3. The summed E-state index contributed by atoms with van der Waals surface area (Å²) in [6.45, 7) is 2.76. The minimum Gasteiger partial charge on any atom is -0.451 e. The number of aromatic nitrogens is 1. The van der Waals surface area contributed by atoms with Crippen molar-refractivity contribution in [1.29, 1.82) is 0 Å². The number of rotatable bonds is 5. The van der Waals surface area contributed by atoms with Crippen LogP contribution in [-0.2, 0) is 14.3 Å². The van der Waals surface area contributed by atoms with E-state index in [1.165, 1.54) is 12.3 Å². The van der Waals surface area contributed by atoms with Gasteiger partial charge in [0.25, 0.3) is 5.91 Å². The molecule has 2 rings (SSSR count). The van der Waals surface area contributed by atoms with Crippen LogP contribution in [-0.4, -0.2) is 29.4 Å². The molecule has 0 aliphatic carbocycles. The Morgan fingerprint density at radius 3 is 2.71 bits per heavy atom. The maximum atomic E-state index is 11.9. The molecule has 2 N–H and O–H groups in total. The van der Waals surface area contributed by atoms with Crippen LogP contribution in [0.25, 0.3) is 0 Å².